The van der Waals surface area contributed by atoms with Crippen molar-refractivity contribution < 1.29 is 14.5 Å². The molecule has 2 amide bonds. The van der Waals surface area contributed by atoms with Crippen molar-refractivity contribution >= 4 is 23.2 Å². The molecule has 1 aromatic carbocycles. The smallest absolute Gasteiger partial charge is 0.314 e. The zero-order chi connectivity index (χ0) is 15.4. The Morgan fingerprint density at radius 3 is 2.52 bits per heavy atom. The molecule has 112 valence electrons. The number of para-hydroxylation sites is 2. The Hall–Kier alpha value is -2.44. The summed E-state index contributed by atoms with van der Waals surface area (Å²) in [7, 11) is 0. The fraction of sp³-hybridized carbons (Fsp3) is 0.429. The van der Waals surface area contributed by atoms with E-state index in [4.69, 9.17) is 0 Å². The first-order valence-corrected chi connectivity index (χ1v) is 6.82. The van der Waals surface area contributed by atoms with Gasteiger partial charge in [-0.2, -0.15) is 0 Å². The second-order valence-corrected chi connectivity index (χ2v) is 5.20. The maximum atomic E-state index is 12.0. The standard InChI is InChI=1S/C14H17N3O4/c1-10-6-8-16(9-7-10)14(19)13(18)15-11-4-2-3-5-12(11)17(20)21/h2-5,10H,6-9H2,1H3,(H,15,18). The second-order valence-electron chi connectivity index (χ2n) is 5.20. The monoisotopic (exact) mass is 291 g/mol. The molecule has 1 heterocycles. The van der Waals surface area contributed by atoms with Gasteiger partial charge in [0, 0.05) is 19.2 Å². The lowest BCUT2D eigenvalue weighted by molar-refractivity contribution is -0.383. The predicted octanol–water partition coefficient (Wildman–Crippen LogP) is 1.79. The van der Waals surface area contributed by atoms with Crippen molar-refractivity contribution in [1.29, 1.82) is 0 Å². The lowest BCUT2D eigenvalue weighted by Crippen LogP contribution is -2.43. The van der Waals surface area contributed by atoms with Crippen LogP contribution in [0.3, 0.4) is 0 Å². The van der Waals surface area contributed by atoms with Gasteiger partial charge in [0.05, 0.1) is 4.92 Å². The molecule has 0 saturated carbocycles. The highest BCUT2D eigenvalue weighted by Crippen LogP contribution is 2.23. The van der Waals surface area contributed by atoms with E-state index < -0.39 is 16.7 Å². The predicted molar refractivity (Wildman–Crippen MR) is 76.7 cm³/mol. The summed E-state index contributed by atoms with van der Waals surface area (Å²) in [5.74, 6) is -0.925. The van der Waals surface area contributed by atoms with Crippen LogP contribution < -0.4 is 5.32 Å². The van der Waals surface area contributed by atoms with Gasteiger partial charge in [0.2, 0.25) is 0 Å². The van der Waals surface area contributed by atoms with Crippen LogP contribution in [0.5, 0.6) is 0 Å². The molecule has 7 heteroatoms. The summed E-state index contributed by atoms with van der Waals surface area (Å²) in [6.07, 6.45) is 1.73. The number of likely N-dealkylation sites (tertiary alicyclic amines) is 1. The summed E-state index contributed by atoms with van der Waals surface area (Å²) in [6, 6.07) is 5.75. The van der Waals surface area contributed by atoms with Crippen molar-refractivity contribution in [2.45, 2.75) is 19.8 Å². The summed E-state index contributed by atoms with van der Waals surface area (Å²) in [6.45, 7) is 3.20. The Balaban J connectivity index is 2.04. The first kappa shape index (κ1) is 15.0. The quantitative estimate of drug-likeness (QED) is 0.511. The lowest BCUT2D eigenvalue weighted by atomic mass is 9.99. The van der Waals surface area contributed by atoms with Gasteiger partial charge in [-0.25, -0.2) is 0 Å². The van der Waals surface area contributed by atoms with E-state index in [1.165, 1.54) is 23.1 Å². The van der Waals surface area contributed by atoms with Gasteiger partial charge >= 0.3 is 11.8 Å². The topological polar surface area (TPSA) is 92.6 Å². The molecule has 21 heavy (non-hydrogen) atoms. The van der Waals surface area contributed by atoms with Gasteiger partial charge in [-0.3, -0.25) is 19.7 Å². The van der Waals surface area contributed by atoms with Crippen molar-refractivity contribution in [3.8, 4) is 0 Å². The van der Waals surface area contributed by atoms with Crippen LogP contribution >= 0.6 is 0 Å². The number of nitro groups is 1. The van der Waals surface area contributed by atoms with Gasteiger partial charge in [0.1, 0.15) is 5.69 Å². The highest BCUT2D eigenvalue weighted by molar-refractivity contribution is 6.39. The van der Waals surface area contributed by atoms with Crippen LogP contribution in [0.1, 0.15) is 19.8 Å². The number of hydrogen-bond donors (Lipinski definition) is 1. The molecule has 0 unspecified atom stereocenters. The number of rotatable bonds is 2. The molecule has 7 nitrogen and oxygen atoms in total. The van der Waals surface area contributed by atoms with Gasteiger partial charge in [-0.15, -0.1) is 0 Å². The van der Waals surface area contributed by atoms with Crippen LogP contribution in [-0.4, -0.2) is 34.7 Å². The molecule has 0 bridgehead atoms. The summed E-state index contributed by atoms with van der Waals surface area (Å²) in [4.78, 5) is 35.7. The fourth-order valence-corrected chi connectivity index (χ4v) is 2.27. The van der Waals surface area contributed by atoms with Crippen LogP contribution in [0.25, 0.3) is 0 Å². The van der Waals surface area contributed by atoms with Crippen LogP contribution in [0.15, 0.2) is 24.3 Å². The minimum atomic E-state index is -0.834. The third-order valence-electron chi connectivity index (χ3n) is 3.61. The van der Waals surface area contributed by atoms with E-state index in [9.17, 15) is 19.7 Å². The normalized spacial score (nSPS) is 15.6. The van der Waals surface area contributed by atoms with Crippen molar-refractivity contribution in [3.05, 3.63) is 34.4 Å². The molecule has 0 aliphatic carbocycles. The number of piperidine rings is 1. The minimum absolute atomic E-state index is 0.0335. The Morgan fingerprint density at radius 1 is 1.29 bits per heavy atom. The van der Waals surface area contributed by atoms with Crippen molar-refractivity contribution in [2.75, 3.05) is 18.4 Å². The third-order valence-corrected chi connectivity index (χ3v) is 3.61. The van der Waals surface area contributed by atoms with E-state index in [0.29, 0.717) is 19.0 Å². The number of benzene rings is 1. The number of amides is 2. The van der Waals surface area contributed by atoms with Crippen molar-refractivity contribution in [2.24, 2.45) is 5.92 Å². The summed E-state index contributed by atoms with van der Waals surface area (Å²) in [5, 5.41) is 13.2. The van der Waals surface area contributed by atoms with Gasteiger partial charge < -0.3 is 10.2 Å². The molecule has 0 aromatic heterocycles. The first-order chi connectivity index (χ1) is 9.99. The van der Waals surface area contributed by atoms with Gasteiger partial charge in [0.25, 0.3) is 5.69 Å². The van der Waals surface area contributed by atoms with E-state index in [1.54, 1.807) is 6.07 Å². The molecule has 0 radical (unpaired) electrons. The molecule has 1 aromatic rings. The molecule has 1 N–H and O–H groups in total. The first-order valence-electron chi connectivity index (χ1n) is 6.82. The molecule has 1 saturated heterocycles. The SMILES string of the molecule is CC1CCN(C(=O)C(=O)Nc2ccccc2[N+](=O)[O-])CC1. The number of nitro benzene ring substituents is 1. The third kappa shape index (κ3) is 3.56. The van der Waals surface area contributed by atoms with E-state index in [2.05, 4.69) is 12.2 Å². The summed E-state index contributed by atoms with van der Waals surface area (Å²) in [5.41, 5.74) is -0.197. The van der Waals surface area contributed by atoms with Gasteiger partial charge in [0.15, 0.2) is 0 Å². The lowest BCUT2D eigenvalue weighted by Gasteiger charge is -2.29. The average molecular weight is 291 g/mol. The number of carbonyl (C=O) groups excluding carboxylic acids is 2. The Kier molecular flexibility index (Phi) is 4.52. The van der Waals surface area contributed by atoms with Crippen molar-refractivity contribution in [1.82, 2.24) is 4.90 Å². The summed E-state index contributed by atoms with van der Waals surface area (Å²) >= 11 is 0. The molecule has 0 spiro atoms. The average Bonchev–Trinajstić information content (AvgIpc) is 2.47. The zero-order valence-electron chi connectivity index (χ0n) is 11.7. The number of hydrogen-bond acceptors (Lipinski definition) is 4. The number of nitrogens with zero attached hydrogens (tertiary/aromatic N) is 2. The Morgan fingerprint density at radius 2 is 1.90 bits per heavy atom. The molecule has 2 rings (SSSR count). The number of anilines is 1. The van der Waals surface area contributed by atoms with Gasteiger partial charge in [-0.05, 0) is 24.8 Å². The van der Waals surface area contributed by atoms with E-state index in [0.717, 1.165) is 12.8 Å². The molecule has 1 aliphatic heterocycles. The highest BCUT2D eigenvalue weighted by Gasteiger charge is 2.27. The van der Waals surface area contributed by atoms with E-state index in [1.807, 2.05) is 0 Å². The summed E-state index contributed by atoms with van der Waals surface area (Å²) < 4.78 is 0. The molecule has 0 atom stereocenters. The Bertz CT molecular complexity index is 565. The molecule has 1 fully saturated rings. The number of carbonyl (C=O) groups is 2. The largest absolute Gasteiger partial charge is 0.334 e. The number of nitrogens with one attached hydrogen (secondary N) is 1. The van der Waals surface area contributed by atoms with Crippen LogP contribution in [-0.2, 0) is 9.59 Å². The van der Waals surface area contributed by atoms with Crippen LogP contribution in [0.4, 0.5) is 11.4 Å². The second kappa shape index (κ2) is 6.34. The molecular weight excluding hydrogens is 274 g/mol. The minimum Gasteiger partial charge on any atom is -0.334 e. The van der Waals surface area contributed by atoms with Gasteiger partial charge in [-0.1, -0.05) is 19.1 Å². The zero-order valence-corrected chi connectivity index (χ0v) is 11.7. The van der Waals surface area contributed by atoms with Crippen LogP contribution in [0, 0.1) is 16.0 Å². The highest BCUT2D eigenvalue weighted by atomic mass is 16.6. The maximum Gasteiger partial charge on any atom is 0.314 e. The van der Waals surface area contributed by atoms with Crippen LogP contribution in [0.2, 0.25) is 0 Å². The Labute approximate surface area is 122 Å². The van der Waals surface area contributed by atoms with E-state index >= 15 is 0 Å². The maximum absolute atomic E-state index is 12.0. The molecule has 1 aliphatic rings. The molecular formula is C14H17N3O4. The van der Waals surface area contributed by atoms with E-state index in [-0.39, 0.29) is 11.4 Å². The fourth-order valence-electron chi connectivity index (χ4n) is 2.27. The van der Waals surface area contributed by atoms with Crippen molar-refractivity contribution in [3.63, 3.8) is 0 Å².